The second-order valence-electron chi connectivity index (χ2n) is 6.89. The van der Waals surface area contributed by atoms with Crippen LogP contribution >= 0.6 is 0 Å². The van der Waals surface area contributed by atoms with E-state index in [9.17, 15) is 13.2 Å². The van der Waals surface area contributed by atoms with E-state index in [0.717, 1.165) is 16.7 Å². The Morgan fingerprint density at radius 3 is 2.64 bits per heavy atom. The minimum Gasteiger partial charge on any atom is -0.372 e. The summed E-state index contributed by atoms with van der Waals surface area (Å²) in [5, 5.41) is 0. The number of ether oxygens (including phenoxy) is 1. The molecule has 0 saturated carbocycles. The van der Waals surface area contributed by atoms with Crippen LogP contribution in [0.5, 0.6) is 0 Å². The van der Waals surface area contributed by atoms with E-state index < -0.39 is 10.0 Å². The van der Waals surface area contributed by atoms with Crippen LogP contribution in [0, 0.1) is 0 Å². The van der Waals surface area contributed by atoms with Gasteiger partial charge in [0.15, 0.2) is 0 Å². The predicted molar refractivity (Wildman–Crippen MR) is 107 cm³/mol. The molecule has 0 bridgehead atoms. The van der Waals surface area contributed by atoms with Crippen molar-refractivity contribution in [3.05, 3.63) is 65.2 Å². The first-order valence-electron chi connectivity index (χ1n) is 9.45. The van der Waals surface area contributed by atoms with Crippen molar-refractivity contribution in [2.45, 2.75) is 37.8 Å². The van der Waals surface area contributed by atoms with Gasteiger partial charge < -0.3 is 9.64 Å². The fourth-order valence-corrected chi connectivity index (χ4v) is 4.58. The van der Waals surface area contributed by atoms with Gasteiger partial charge in [0.25, 0.3) is 0 Å². The van der Waals surface area contributed by atoms with Crippen LogP contribution in [0.1, 0.15) is 36.6 Å². The highest BCUT2D eigenvalue weighted by Gasteiger charge is 2.24. The van der Waals surface area contributed by atoms with Crippen molar-refractivity contribution in [2.24, 2.45) is 0 Å². The lowest BCUT2D eigenvalue weighted by atomic mass is 10.00. The van der Waals surface area contributed by atoms with E-state index in [0.29, 0.717) is 26.1 Å². The molecule has 1 aliphatic rings. The van der Waals surface area contributed by atoms with Gasteiger partial charge in [-0.15, -0.1) is 0 Å². The van der Waals surface area contributed by atoms with Crippen molar-refractivity contribution in [3.8, 4) is 0 Å². The summed E-state index contributed by atoms with van der Waals surface area (Å²) in [6.45, 7) is 5.32. The molecule has 1 amide bonds. The Morgan fingerprint density at radius 1 is 1.18 bits per heavy atom. The Kier molecular flexibility index (Phi) is 6.49. The summed E-state index contributed by atoms with van der Waals surface area (Å²) < 4.78 is 33.5. The van der Waals surface area contributed by atoms with Gasteiger partial charge in [-0.25, -0.2) is 13.1 Å². The molecule has 0 spiro atoms. The maximum atomic E-state index is 12.8. The molecule has 0 unspecified atom stereocenters. The molecule has 1 N–H and O–H groups in total. The maximum Gasteiger partial charge on any atom is 0.248 e. The number of fused-ring (bicyclic) bond motifs is 1. The molecular formula is C21H26N2O4S. The normalized spacial score (nSPS) is 15.1. The second-order valence-corrected chi connectivity index (χ2v) is 8.60. The Bertz CT molecular complexity index is 929. The van der Waals surface area contributed by atoms with Crippen LogP contribution in [0.2, 0.25) is 0 Å². The van der Waals surface area contributed by atoms with E-state index >= 15 is 0 Å². The molecule has 0 fully saturated rings. The standard InChI is InChI=1S/C21H26N2O4S/c1-3-27-15-21(24)23-12-11-18-13-20(10-9-19(18)14-23)28(25,26)22-16(2)17-7-5-4-6-8-17/h4-10,13,16,22H,3,11-12,14-15H2,1-2H3/t16-/m1/s1. The number of hydrogen-bond acceptors (Lipinski definition) is 4. The zero-order valence-corrected chi connectivity index (χ0v) is 17.0. The monoisotopic (exact) mass is 402 g/mol. The second kappa shape index (κ2) is 8.86. The lowest BCUT2D eigenvalue weighted by molar-refractivity contribution is -0.136. The number of carbonyl (C=O) groups excluding carboxylic acids is 1. The van der Waals surface area contributed by atoms with Crippen molar-refractivity contribution in [1.82, 2.24) is 9.62 Å². The van der Waals surface area contributed by atoms with E-state index in [2.05, 4.69) is 4.72 Å². The van der Waals surface area contributed by atoms with Crippen molar-refractivity contribution in [3.63, 3.8) is 0 Å². The fourth-order valence-electron chi connectivity index (χ4n) is 3.30. The number of amides is 1. The zero-order chi connectivity index (χ0) is 20.1. The number of benzene rings is 2. The molecule has 6 nitrogen and oxygen atoms in total. The minimum absolute atomic E-state index is 0.0393. The zero-order valence-electron chi connectivity index (χ0n) is 16.2. The highest BCUT2D eigenvalue weighted by molar-refractivity contribution is 7.89. The molecule has 2 aromatic rings. The molecule has 0 radical (unpaired) electrons. The molecule has 7 heteroatoms. The average molecular weight is 403 g/mol. The SMILES string of the molecule is CCOCC(=O)N1CCc2cc(S(=O)(=O)N[C@H](C)c3ccccc3)ccc2C1. The Morgan fingerprint density at radius 2 is 1.93 bits per heavy atom. The largest absolute Gasteiger partial charge is 0.372 e. The van der Waals surface area contributed by atoms with Crippen molar-refractivity contribution >= 4 is 15.9 Å². The summed E-state index contributed by atoms with van der Waals surface area (Å²) in [4.78, 5) is 14.1. The van der Waals surface area contributed by atoms with Gasteiger partial charge in [0.2, 0.25) is 15.9 Å². The van der Waals surface area contributed by atoms with E-state index in [1.54, 1.807) is 23.1 Å². The molecule has 3 rings (SSSR count). The third-order valence-electron chi connectivity index (χ3n) is 4.91. The highest BCUT2D eigenvalue weighted by Crippen LogP contribution is 2.24. The Hall–Kier alpha value is -2.22. The van der Waals surface area contributed by atoms with Gasteiger partial charge in [-0.1, -0.05) is 36.4 Å². The molecule has 0 saturated heterocycles. The first-order valence-corrected chi connectivity index (χ1v) is 10.9. The van der Waals surface area contributed by atoms with Crippen LogP contribution in [0.3, 0.4) is 0 Å². The summed E-state index contributed by atoms with van der Waals surface area (Å²) in [5.41, 5.74) is 2.86. The average Bonchev–Trinajstić information content (AvgIpc) is 2.71. The fraction of sp³-hybridized carbons (Fsp3) is 0.381. The van der Waals surface area contributed by atoms with E-state index in [-0.39, 0.29) is 23.5 Å². The lowest BCUT2D eigenvalue weighted by Gasteiger charge is -2.29. The van der Waals surface area contributed by atoms with Crippen LogP contribution in [-0.2, 0) is 32.5 Å². The molecule has 2 aromatic carbocycles. The third kappa shape index (κ3) is 4.79. The topological polar surface area (TPSA) is 75.7 Å². The van der Waals surface area contributed by atoms with Crippen molar-refractivity contribution in [1.29, 1.82) is 0 Å². The molecule has 0 aliphatic carbocycles. The number of hydrogen-bond donors (Lipinski definition) is 1. The van der Waals surface area contributed by atoms with Crippen LogP contribution in [0.15, 0.2) is 53.4 Å². The van der Waals surface area contributed by atoms with Gasteiger partial charge in [-0.05, 0) is 49.1 Å². The van der Waals surface area contributed by atoms with Crippen molar-refractivity contribution < 1.29 is 17.9 Å². The summed E-state index contributed by atoms with van der Waals surface area (Å²) in [6, 6.07) is 14.3. The molecule has 0 aromatic heterocycles. The van der Waals surface area contributed by atoms with Crippen molar-refractivity contribution in [2.75, 3.05) is 19.8 Å². The molecule has 28 heavy (non-hydrogen) atoms. The van der Waals surface area contributed by atoms with Gasteiger partial charge in [-0.3, -0.25) is 4.79 Å². The Labute approximate surface area is 166 Å². The molecular weight excluding hydrogens is 376 g/mol. The predicted octanol–water partition coefficient (Wildman–Crippen LogP) is 2.65. The van der Waals surface area contributed by atoms with Gasteiger partial charge in [0.05, 0.1) is 4.90 Å². The number of carbonyl (C=O) groups is 1. The first kappa shape index (κ1) is 20.5. The van der Waals surface area contributed by atoms with Gasteiger partial charge in [-0.2, -0.15) is 0 Å². The summed E-state index contributed by atoms with van der Waals surface area (Å²) in [5.74, 6) is -0.0393. The number of rotatable bonds is 7. The first-order chi connectivity index (χ1) is 13.4. The molecule has 150 valence electrons. The lowest BCUT2D eigenvalue weighted by Crippen LogP contribution is -2.38. The van der Waals surface area contributed by atoms with Crippen LogP contribution < -0.4 is 4.72 Å². The number of sulfonamides is 1. The van der Waals surface area contributed by atoms with Gasteiger partial charge in [0, 0.05) is 25.7 Å². The minimum atomic E-state index is -3.63. The number of nitrogens with zero attached hydrogens (tertiary/aromatic N) is 1. The van der Waals surface area contributed by atoms with E-state index in [1.807, 2.05) is 44.2 Å². The molecule has 1 heterocycles. The van der Waals surface area contributed by atoms with Gasteiger partial charge in [0.1, 0.15) is 6.61 Å². The van der Waals surface area contributed by atoms with Gasteiger partial charge >= 0.3 is 0 Å². The van der Waals surface area contributed by atoms with E-state index in [4.69, 9.17) is 4.74 Å². The van der Waals surface area contributed by atoms with Crippen LogP contribution in [0.4, 0.5) is 0 Å². The Balaban J connectivity index is 1.72. The van der Waals surface area contributed by atoms with E-state index in [1.165, 1.54) is 0 Å². The van der Waals surface area contributed by atoms with Crippen LogP contribution in [-0.4, -0.2) is 39.0 Å². The maximum absolute atomic E-state index is 12.8. The third-order valence-corrected chi connectivity index (χ3v) is 6.45. The summed E-state index contributed by atoms with van der Waals surface area (Å²) in [7, 11) is -3.63. The number of nitrogens with one attached hydrogen (secondary N) is 1. The molecule has 1 atom stereocenters. The van der Waals surface area contributed by atoms with Crippen LogP contribution in [0.25, 0.3) is 0 Å². The highest BCUT2D eigenvalue weighted by atomic mass is 32.2. The molecule has 1 aliphatic heterocycles. The smallest absolute Gasteiger partial charge is 0.248 e. The summed E-state index contributed by atoms with van der Waals surface area (Å²) >= 11 is 0. The summed E-state index contributed by atoms with van der Waals surface area (Å²) in [6.07, 6.45) is 0.630. The quantitative estimate of drug-likeness (QED) is 0.773.